The fraction of sp³-hybridized carbons (Fsp3) is 0.300. The number of aldehydes is 1. The number of thioether (sulfide) groups is 1. The van der Waals surface area contributed by atoms with Crippen molar-refractivity contribution in [2.24, 2.45) is 0 Å². The molecule has 0 N–H and O–H groups in total. The Balaban J connectivity index is 2.43. The fourth-order valence-corrected chi connectivity index (χ4v) is 3.03. The molecule has 0 radical (unpaired) electrons. The van der Waals surface area contributed by atoms with E-state index in [9.17, 15) is 4.79 Å². The number of hydrogen-bond donors (Lipinski definition) is 0. The lowest BCUT2D eigenvalue weighted by Gasteiger charge is -2.03. The van der Waals surface area contributed by atoms with E-state index in [1.807, 2.05) is 6.07 Å². The van der Waals surface area contributed by atoms with Gasteiger partial charge in [0.25, 0.3) is 0 Å². The summed E-state index contributed by atoms with van der Waals surface area (Å²) in [6, 6.07) is 3.99. The SMILES string of the molecule is O=CCc1cc(Cl)c2c(c1)CCS2. The minimum Gasteiger partial charge on any atom is -0.303 e. The second kappa shape index (κ2) is 3.72. The molecule has 1 aliphatic heterocycles. The Morgan fingerprint density at radius 3 is 3.15 bits per heavy atom. The highest BCUT2D eigenvalue weighted by Crippen LogP contribution is 2.37. The lowest BCUT2D eigenvalue weighted by Crippen LogP contribution is -1.89. The van der Waals surface area contributed by atoms with Gasteiger partial charge in [-0.25, -0.2) is 0 Å². The molecule has 68 valence electrons. The van der Waals surface area contributed by atoms with E-state index >= 15 is 0 Å². The normalized spacial score (nSPS) is 14.2. The molecule has 0 atom stereocenters. The number of rotatable bonds is 2. The third-order valence-electron chi connectivity index (χ3n) is 2.12. The van der Waals surface area contributed by atoms with E-state index in [-0.39, 0.29) is 0 Å². The summed E-state index contributed by atoms with van der Waals surface area (Å²) in [5, 5.41) is 0.803. The Kier molecular flexibility index (Phi) is 2.61. The fourth-order valence-electron chi connectivity index (χ4n) is 1.54. The number of fused-ring (bicyclic) bond motifs is 1. The van der Waals surface area contributed by atoms with Gasteiger partial charge in [-0.3, -0.25) is 0 Å². The average molecular weight is 213 g/mol. The molecule has 3 heteroatoms. The molecule has 0 bridgehead atoms. The maximum absolute atomic E-state index is 10.3. The van der Waals surface area contributed by atoms with E-state index in [2.05, 4.69) is 6.07 Å². The third kappa shape index (κ3) is 1.74. The van der Waals surface area contributed by atoms with Crippen molar-refractivity contribution >= 4 is 29.6 Å². The van der Waals surface area contributed by atoms with Gasteiger partial charge in [0.1, 0.15) is 6.29 Å². The van der Waals surface area contributed by atoms with E-state index < -0.39 is 0 Å². The van der Waals surface area contributed by atoms with Gasteiger partial charge in [0, 0.05) is 17.1 Å². The third-order valence-corrected chi connectivity index (χ3v) is 3.71. The number of carbonyl (C=O) groups is 1. The van der Waals surface area contributed by atoms with Crippen molar-refractivity contribution in [1.29, 1.82) is 0 Å². The summed E-state index contributed by atoms with van der Waals surface area (Å²) >= 11 is 7.87. The van der Waals surface area contributed by atoms with E-state index in [1.54, 1.807) is 11.8 Å². The van der Waals surface area contributed by atoms with Crippen LogP contribution in [0, 0.1) is 0 Å². The Bertz CT molecular complexity index is 349. The predicted octanol–water partition coefficient (Wildman–Crippen LogP) is 2.73. The lowest BCUT2D eigenvalue weighted by atomic mass is 10.1. The summed E-state index contributed by atoms with van der Waals surface area (Å²) in [6.07, 6.45) is 2.46. The molecule has 0 fully saturated rings. The van der Waals surface area contributed by atoms with Crippen LogP contribution in [0.25, 0.3) is 0 Å². The molecular formula is C10H9ClOS. The zero-order chi connectivity index (χ0) is 9.26. The standard InChI is InChI=1S/C10H9ClOS/c11-9-6-7(1-3-12)5-8-2-4-13-10(8)9/h3,5-6H,1-2,4H2. The molecular weight excluding hydrogens is 204 g/mol. The minimum absolute atomic E-state index is 0.470. The van der Waals surface area contributed by atoms with Crippen molar-refractivity contribution in [3.63, 3.8) is 0 Å². The van der Waals surface area contributed by atoms with Gasteiger partial charge in [-0.15, -0.1) is 11.8 Å². The maximum atomic E-state index is 10.3. The Labute approximate surface area is 86.5 Å². The van der Waals surface area contributed by atoms with Crippen LogP contribution >= 0.6 is 23.4 Å². The molecule has 1 aromatic carbocycles. The predicted molar refractivity (Wildman–Crippen MR) is 55.6 cm³/mol. The van der Waals surface area contributed by atoms with Crippen LogP contribution in [0.4, 0.5) is 0 Å². The second-order valence-corrected chi connectivity index (χ2v) is 4.55. The summed E-state index contributed by atoms with van der Waals surface area (Å²) in [4.78, 5) is 11.5. The first-order chi connectivity index (χ1) is 6.31. The van der Waals surface area contributed by atoms with Gasteiger partial charge in [-0.1, -0.05) is 17.7 Å². The number of hydrogen-bond acceptors (Lipinski definition) is 2. The summed E-state index contributed by atoms with van der Waals surface area (Å²) in [5.41, 5.74) is 2.33. The topological polar surface area (TPSA) is 17.1 Å². The summed E-state index contributed by atoms with van der Waals surface area (Å²) in [7, 11) is 0. The largest absolute Gasteiger partial charge is 0.303 e. The quantitative estimate of drug-likeness (QED) is 0.702. The molecule has 0 aromatic heterocycles. The van der Waals surface area contributed by atoms with E-state index in [0.29, 0.717) is 6.42 Å². The van der Waals surface area contributed by atoms with Crippen LogP contribution in [0.2, 0.25) is 5.02 Å². The number of benzene rings is 1. The molecule has 13 heavy (non-hydrogen) atoms. The van der Waals surface area contributed by atoms with Gasteiger partial charge in [0.2, 0.25) is 0 Å². The van der Waals surface area contributed by atoms with Crippen molar-refractivity contribution < 1.29 is 4.79 Å². The van der Waals surface area contributed by atoms with Crippen LogP contribution < -0.4 is 0 Å². The molecule has 0 aliphatic carbocycles. The first kappa shape index (κ1) is 9.10. The van der Waals surface area contributed by atoms with Gasteiger partial charge in [0.15, 0.2) is 0 Å². The van der Waals surface area contributed by atoms with Crippen molar-refractivity contribution in [2.45, 2.75) is 17.7 Å². The minimum atomic E-state index is 0.470. The van der Waals surface area contributed by atoms with E-state index in [1.165, 1.54) is 10.5 Å². The lowest BCUT2D eigenvalue weighted by molar-refractivity contribution is -0.107. The van der Waals surface area contributed by atoms with Crippen molar-refractivity contribution in [3.8, 4) is 0 Å². The second-order valence-electron chi connectivity index (χ2n) is 3.04. The van der Waals surface area contributed by atoms with Crippen LogP contribution in [0.3, 0.4) is 0 Å². The van der Waals surface area contributed by atoms with Gasteiger partial charge in [0.05, 0.1) is 5.02 Å². The van der Waals surface area contributed by atoms with Gasteiger partial charge in [-0.05, 0) is 23.6 Å². The first-order valence-corrected chi connectivity index (χ1v) is 5.55. The molecule has 1 heterocycles. The van der Waals surface area contributed by atoms with Crippen molar-refractivity contribution in [3.05, 3.63) is 28.3 Å². The maximum Gasteiger partial charge on any atom is 0.124 e. The molecule has 0 saturated carbocycles. The van der Waals surface area contributed by atoms with Crippen molar-refractivity contribution in [1.82, 2.24) is 0 Å². The number of halogens is 1. The van der Waals surface area contributed by atoms with Gasteiger partial charge in [-0.2, -0.15) is 0 Å². The van der Waals surface area contributed by atoms with E-state index in [0.717, 1.165) is 29.0 Å². The monoisotopic (exact) mass is 212 g/mol. The zero-order valence-electron chi connectivity index (χ0n) is 7.05. The first-order valence-electron chi connectivity index (χ1n) is 4.19. The zero-order valence-corrected chi connectivity index (χ0v) is 8.62. The van der Waals surface area contributed by atoms with Crippen LogP contribution in [0.15, 0.2) is 17.0 Å². The molecule has 1 aromatic rings. The highest BCUT2D eigenvalue weighted by atomic mass is 35.5. The summed E-state index contributed by atoms with van der Waals surface area (Å²) in [5.74, 6) is 1.11. The molecule has 2 rings (SSSR count). The Morgan fingerprint density at radius 1 is 1.54 bits per heavy atom. The number of aryl methyl sites for hydroxylation is 1. The highest BCUT2D eigenvalue weighted by Gasteiger charge is 2.15. The average Bonchev–Trinajstić information content (AvgIpc) is 2.53. The van der Waals surface area contributed by atoms with E-state index in [4.69, 9.17) is 11.6 Å². The van der Waals surface area contributed by atoms with Gasteiger partial charge >= 0.3 is 0 Å². The molecule has 0 spiro atoms. The molecule has 1 aliphatic rings. The highest BCUT2D eigenvalue weighted by molar-refractivity contribution is 7.99. The molecule has 0 amide bonds. The Hall–Kier alpha value is -0.470. The van der Waals surface area contributed by atoms with Crippen LogP contribution in [0.5, 0.6) is 0 Å². The summed E-state index contributed by atoms with van der Waals surface area (Å²) < 4.78 is 0. The van der Waals surface area contributed by atoms with Crippen LogP contribution in [-0.2, 0) is 17.6 Å². The smallest absolute Gasteiger partial charge is 0.124 e. The molecule has 0 saturated heterocycles. The van der Waals surface area contributed by atoms with Crippen LogP contribution in [-0.4, -0.2) is 12.0 Å². The Morgan fingerprint density at radius 2 is 2.38 bits per heavy atom. The van der Waals surface area contributed by atoms with Crippen molar-refractivity contribution in [2.75, 3.05) is 5.75 Å². The number of carbonyl (C=O) groups excluding carboxylic acids is 1. The summed E-state index contributed by atoms with van der Waals surface area (Å²) in [6.45, 7) is 0. The molecule has 0 unspecified atom stereocenters. The van der Waals surface area contributed by atoms with Crippen LogP contribution in [0.1, 0.15) is 11.1 Å². The van der Waals surface area contributed by atoms with Gasteiger partial charge < -0.3 is 4.79 Å². The molecule has 1 nitrogen and oxygen atoms in total.